The monoisotopic (exact) mass is 248 g/mol. The molecule has 1 aliphatic rings. The molecule has 0 bridgehead atoms. The van der Waals surface area contributed by atoms with Gasteiger partial charge in [0.25, 0.3) is 0 Å². The number of likely N-dealkylation sites (tertiary alicyclic amines) is 1. The van der Waals surface area contributed by atoms with E-state index in [4.69, 9.17) is 10.5 Å². The molecule has 0 atom stereocenters. The molecule has 1 aliphatic heterocycles. The summed E-state index contributed by atoms with van der Waals surface area (Å²) in [6.45, 7) is 3.16. The van der Waals surface area contributed by atoms with Crippen LogP contribution in [-0.2, 0) is 6.54 Å². The number of nitrogens with zero attached hydrogens (tertiary/aromatic N) is 1. The summed E-state index contributed by atoms with van der Waals surface area (Å²) in [5, 5.41) is 0. The van der Waals surface area contributed by atoms with Crippen LogP contribution in [0.1, 0.15) is 35.2 Å². The van der Waals surface area contributed by atoms with Crippen molar-refractivity contribution in [3.05, 3.63) is 29.3 Å². The van der Waals surface area contributed by atoms with E-state index in [1.165, 1.54) is 19.3 Å². The third kappa shape index (κ3) is 3.01. The quantitative estimate of drug-likeness (QED) is 0.883. The van der Waals surface area contributed by atoms with Crippen molar-refractivity contribution in [2.24, 2.45) is 5.73 Å². The Balaban J connectivity index is 2.13. The van der Waals surface area contributed by atoms with Crippen LogP contribution in [0.4, 0.5) is 0 Å². The van der Waals surface area contributed by atoms with E-state index >= 15 is 0 Å². The standard InChI is InChI=1S/C14H20N2O2/c1-18-13-9-11(14(15)17)5-6-12(13)10-16-7-3-2-4-8-16/h5-6,9H,2-4,7-8,10H2,1H3,(H2,15,17). The molecule has 0 spiro atoms. The second kappa shape index (κ2) is 5.87. The molecule has 1 heterocycles. The van der Waals surface area contributed by atoms with E-state index < -0.39 is 5.91 Å². The number of hydrogen-bond donors (Lipinski definition) is 1. The van der Waals surface area contributed by atoms with Gasteiger partial charge in [-0.15, -0.1) is 0 Å². The molecule has 0 saturated carbocycles. The van der Waals surface area contributed by atoms with Crippen molar-refractivity contribution in [2.45, 2.75) is 25.8 Å². The van der Waals surface area contributed by atoms with Gasteiger partial charge in [-0.05, 0) is 38.1 Å². The molecule has 2 rings (SSSR count). The van der Waals surface area contributed by atoms with Crippen molar-refractivity contribution in [3.63, 3.8) is 0 Å². The molecule has 18 heavy (non-hydrogen) atoms. The van der Waals surface area contributed by atoms with Crippen LogP contribution in [0.25, 0.3) is 0 Å². The Hall–Kier alpha value is -1.55. The maximum Gasteiger partial charge on any atom is 0.248 e. The van der Waals surface area contributed by atoms with Crippen LogP contribution in [0.5, 0.6) is 5.75 Å². The van der Waals surface area contributed by atoms with Crippen LogP contribution in [0.3, 0.4) is 0 Å². The number of amides is 1. The fraction of sp³-hybridized carbons (Fsp3) is 0.500. The van der Waals surface area contributed by atoms with Crippen LogP contribution < -0.4 is 10.5 Å². The smallest absolute Gasteiger partial charge is 0.248 e. The molecule has 0 aromatic heterocycles. The Morgan fingerprint density at radius 1 is 1.33 bits per heavy atom. The number of nitrogens with two attached hydrogens (primary N) is 1. The number of rotatable bonds is 4. The Morgan fingerprint density at radius 3 is 2.67 bits per heavy atom. The molecule has 1 saturated heterocycles. The molecular formula is C14H20N2O2. The summed E-state index contributed by atoms with van der Waals surface area (Å²) in [7, 11) is 1.62. The lowest BCUT2D eigenvalue weighted by atomic mass is 10.1. The Labute approximate surface area is 108 Å². The largest absolute Gasteiger partial charge is 0.496 e. The third-order valence-corrected chi connectivity index (χ3v) is 3.41. The van der Waals surface area contributed by atoms with Crippen molar-refractivity contribution in [1.82, 2.24) is 4.90 Å². The molecular weight excluding hydrogens is 228 g/mol. The number of carbonyl (C=O) groups excluding carboxylic acids is 1. The lowest BCUT2D eigenvalue weighted by Crippen LogP contribution is -2.29. The van der Waals surface area contributed by atoms with Gasteiger partial charge in [0, 0.05) is 17.7 Å². The summed E-state index contributed by atoms with van der Waals surface area (Å²) in [6.07, 6.45) is 3.86. The topological polar surface area (TPSA) is 55.6 Å². The van der Waals surface area contributed by atoms with Crippen molar-refractivity contribution in [3.8, 4) is 5.75 Å². The molecule has 1 aromatic rings. The van der Waals surface area contributed by atoms with Gasteiger partial charge in [0.15, 0.2) is 0 Å². The highest BCUT2D eigenvalue weighted by Crippen LogP contribution is 2.23. The highest BCUT2D eigenvalue weighted by molar-refractivity contribution is 5.93. The normalized spacial score (nSPS) is 16.5. The first-order chi connectivity index (χ1) is 8.70. The molecule has 0 radical (unpaired) electrons. The Bertz CT molecular complexity index is 426. The second-order valence-corrected chi connectivity index (χ2v) is 4.73. The van der Waals surface area contributed by atoms with Crippen LogP contribution >= 0.6 is 0 Å². The van der Waals surface area contributed by atoms with Gasteiger partial charge < -0.3 is 10.5 Å². The molecule has 4 nitrogen and oxygen atoms in total. The number of benzene rings is 1. The van der Waals surface area contributed by atoms with E-state index in [1.807, 2.05) is 6.07 Å². The van der Waals surface area contributed by atoms with Crippen molar-refractivity contribution >= 4 is 5.91 Å². The number of hydrogen-bond acceptors (Lipinski definition) is 3. The van der Waals surface area contributed by atoms with E-state index in [2.05, 4.69) is 4.90 Å². The predicted molar refractivity (Wildman–Crippen MR) is 70.6 cm³/mol. The molecule has 4 heteroatoms. The van der Waals surface area contributed by atoms with Gasteiger partial charge in [0.2, 0.25) is 5.91 Å². The lowest BCUT2D eigenvalue weighted by Gasteiger charge is -2.27. The molecule has 0 aliphatic carbocycles. The van der Waals surface area contributed by atoms with Crippen LogP contribution in [-0.4, -0.2) is 31.0 Å². The average molecular weight is 248 g/mol. The van der Waals surface area contributed by atoms with E-state index in [-0.39, 0.29) is 0 Å². The third-order valence-electron chi connectivity index (χ3n) is 3.41. The zero-order valence-electron chi connectivity index (χ0n) is 10.8. The van der Waals surface area contributed by atoms with E-state index in [0.29, 0.717) is 5.56 Å². The number of methoxy groups -OCH3 is 1. The van der Waals surface area contributed by atoms with Crippen LogP contribution in [0.2, 0.25) is 0 Å². The fourth-order valence-electron chi connectivity index (χ4n) is 2.39. The highest BCUT2D eigenvalue weighted by Gasteiger charge is 2.14. The van der Waals surface area contributed by atoms with Gasteiger partial charge in [-0.1, -0.05) is 12.5 Å². The van der Waals surface area contributed by atoms with Gasteiger partial charge in [0.05, 0.1) is 7.11 Å². The second-order valence-electron chi connectivity index (χ2n) is 4.73. The van der Waals surface area contributed by atoms with Gasteiger partial charge in [-0.2, -0.15) is 0 Å². The summed E-state index contributed by atoms with van der Waals surface area (Å²) < 4.78 is 5.34. The van der Waals surface area contributed by atoms with Crippen LogP contribution in [0, 0.1) is 0 Å². The van der Waals surface area contributed by atoms with Gasteiger partial charge in [-0.3, -0.25) is 9.69 Å². The summed E-state index contributed by atoms with van der Waals surface area (Å²) in [4.78, 5) is 13.5. The summed E-state index contributed by atoms with van der Waals surface area (Å²) in [5.41, 5.74) is 6.88. The average Bonchev–Trinajstić information content (AvgIpc) is 2.40. The van der Waals surface area contributed by atoms with E-state index in [9.17, 15) is 4.79 Å². The minimum Gasteiger partial charge on any atom is -0.496 e. The first kappa shape index (κ1) is 12.9. The Kier molecular flexibility index (Phi) is 4.20. The summed E-state index contributed by atoms with van der Waals surface area (Å²) >= 11 is 0. The number of primary amides is 1. The van der Waals surface area contributed by atoms with Gasteiger partial charge in [0.1, 0.15) is 5.75 Å². The SMILES string of the molecule is COc1cc(C(N)=O)ccc1CN1CCCCC1. The van der Waals surface area contributed by atoms with E-state index in [1.54, 1.807) is 19.2 Å². The maximum atomic E-state index is 11.1. The zero-order valence-corrected chi connectivity index (χ0v) is 10.8. The summed E-state index contributed by atoms with van der Waals surface area (Å²) in [5.74, 6) is 0.328. The van der Waals surface area contributed by atoms with Gasteiger partial charge >= 0.3 is 0 Å². The van der Waals surface area contributed by atoms with E-state index in [0.717, 1.165) is 30.9 Å². The van der Waals surface area contributed by atoms with Crippen molar-refractivity contribution in [1.29, 1.82) is 0 Å². The Morgan fingerprint density at radius 2 is 2.06 bits per heavy atom. The molecule has 98 valence electrons. The maximum absolute atomic E-state index is 11.1. The van der Waals surface area contributed by atoms with Crippen molar-refractivity contribution < 1.29 is 9.53 Å². The predicted octanol–water partition coefficient (Wildman–Crippen LogP) is 1.78. The minimum atomic E-state index is -0.419. The number of ether oxygens (including phenoxy) is 1. The highest BCUT2D eigenvalue weighted by atomic mass is 16.5. The first-order valence-electron chi connectivity index (χ1n) is 6.40. The molecule has 1 fully saturated rings. The number of carbonyl (C=O) groups is 1. The lowest BCUT2D eigenvalue weighted by molar-refractivity contribution is 0.1000. The summed E-state index contributed by atoms with van der Waals surface area (Å²) in [6, 6.07) is 5.43. The molecule has 1 aromatic carbocycles. The first-order valence-corrected chi connectivity index (χ1v) is 6.40. The van der Waals surface area contributed by atoms with Crippen molar-refractivity contribution in [2.75, 3.05) is 20.2 Å². The number of piperidine rings is 1. The fourth-order valence-corrected chi connectivity index (χ4v) is 2.39. The zero-order chi connectivity index (χ0) is 13.0. The molecule has 0 unspecified atom stereocenters. The van der Waals surface area contributed by atoms with Crippen LogP contribution in [0.15, 0.2) is 18.2 Å². The molecule has 1 amide bonds. The minimum absolute atomic E-state index is 0.419. The molecule has 2 N–H and O–H groups in total. The van der Waals surface area contributed by atoms with Gasteiger partial charge in [-0.25, -0.2) is 0 Å².